The van der Waals surface area contributed by atoms with Gasteiger partial charge in [0.2, 0.25) is 0 Å². The summed E-state index contributed by atoms with van der Waals surface area (Å²) in [6, 6.07) is 0.390. The standard InChI is InChI=1S/C14H24N2OS/c1-4-10(2)13(15-8-9-17-3)14-16-11-6-5-7-12(11)18-14/h10,13,15H,4-9H2,1-3H3. The van der Waals surface area contributed by atoms with Crippen LogP contribution in [0.3, 0.4) is 0 Å². The van der Waals surface area contributed by atoms with Crippen LogP contribution in [0, 0.1) is 5.92 Å². The van der Waals surface area contributed by atoms with Gasteiger partial charge in [0, 0.05) is 18.5 Å². The van der Waals surface area contributed by atoms with E-state index in [4.69, 9.17) is 9.72 Å². The Labute approximate surface area is 114 Å². The summed E-state index contributed by atoms with van der Waals surface area (Å²) in [5.41, 5.74) is 1.36. The molecule has 2 atom stereocenters. The lowest BCUT2D eigenvalue weighted by atomic mass is 10.00. The summed E-state index contributed by atoms with van der Waals surface area (Å²) < 4.78 is 5.12. The molecule has 3 nitrogen and oxygen atoms in total. The van der Waals surface area contributed by atoms with Gasteiger partial charge in [-0.1, -0.05) is 20.3 Å². The van der Waals surface area contributed by atoms with E-state index >= 15 is 0 Å². The van der Waals surface area contributed by atoms with E-state index in [1.807, 2.05) is 11.3 Å². The fourth-order valence-corrected chi connectivity index (χ4v) is 3.79. The Hall–Kier alpha value is -0.450. The minimum absolute atomic E-state index is 0.390. The highest BCUT2D eigenvalue weighted by Crippen LogP contribution is 2.34. The molecular weight excluding hydrogens is 244 g/mol. The molecule has 2 unspecified atom stereocenters. The largest absolute Gasteiger partial charge is 0.383 e. The average molecular weight is 268 g/mol. The minimum atomic E-state index is 0.390. The highest BCUT2D eigenvalue weighted by Gasteiger charge is 2.24. The number of rotatable bonds is 7. The van der Waals surface area contributed by atoms with E-state index in [1.165, 1.54) is 41.3 Å². The van der Waals surface area contributed by atoms with E-state index < -0.39 is 0 Å². The number of thiazole rings is 1. The molecule has 102 valence electrons. The van der Waals surface area contributed by atoms with Crippen molar-refractivity contribution in [1.29, 1.82) is 0 Å². The van der Waals surface area contributed by atoms with Crippen molar-refractivity contribution in [3.8, 4) is 0 Å². The molecule has 0 aliphatic heterocycles. The van der Waals surface area contributed by atoms with Gasteiger partial charge >= 0.3 is 0 Å². The Bertz CT molecular complexity index is 356. The van der Waals surface area contributed by atoms with Crippen molar-refractivity contribution < 1.29 is 4.74 Å². The molecule has 0 amide bonds. The van der Waals surface area contributed by atoms with Gasteiger partial charge in [-0.2, -0.15) is 0 Å². The Morgan fingerprint density at radius 3 is 2.94 bits per heavy atom. The molecule has 0 radical (unpaired) electrons. The second-order valence-electron chi connectivity index (χ2n) is 5.09. The SMILES string of the molecule is CCC(C)C(NCCOC)c1nc2c(s1)CCC2. The lowest BCUT2D eigenvalue weighted by molar-refractivity contribution is 0.191. The van der Waals surface area contributed by atoms with Crippen LogP contribution in [0.25, 0.3) is 0 Å². The maximum atomic E-state index is 5.12. The molecule has 1 aliphatic carbocycles. The maximum Gasteiger partial charge on any atom is 0.110 e. The fourth-order valence-electron chi connectivity index (χ4n) is 2.43. The first-order chi connectivity index (χ1) is 8.76. The molecule has 0 fully saturated rings. The molecule has 0 saturated carbocycles. The van der Waals surface area contributed by atoms with Crippen molar-refractivity contribution in [1.82, 2.24) is 10.3 Å². The normalized spacial score (nSPS) is 17.7. The molecule has 0 spiro atoms. The molecule has 18 heavy (non-hydrogen) atoms. The van der Waals surface area contributed by atoms with Crippen LogP contribution in [0.5, 0.6) is 0 Å². The summed E-state index contributed by atoms with van der Waals surface area (Å²) in [6.45, 7) is 6.21. The zero-order valence-electron chi connectivity index (χ0n) is 11.7. The molecular formula is C14H24N2OS. The van der Waals surface area contributed by atoms with E-state index in [-0.39, 0.29) is 0 Å². The third-order valence-corrected chi connectivity index (χ3v) is 5.00. The van der Waals surface area contributed by atoms with E-state index in [2.05, 4.69) is 19.2 Å². The Kier molecular flexibility index (Phi) is 5.15. The molecule has 1 N–H and O–H groups in total. The second kappa shape index (κ2) is 6.64. The van der Waals surface area contributed by atoms with Gasteiger partial charge in [-0.05, 0) is 25.2 Å². The number of nitrogens with one attached hydrogen (secondary N) is 1. The van der Waals surface area contributed by atoms with Crippen LogP contribution in [0.2, 0.25) is 0 Å². The summed E-state index contributed by atoms with van der Waals surface area (Å²) in [6.07, 6.45) is 4.88. The first-order valence-corrected chi connectivity index (χ1v) is 7.78. The van der Waals surface area contributed by atoms with Crippen LogP contribution in [-0.4, -0.2) is 25.2 Å². The van der Waals surface area contributed by atoms with E-state index in [0.717, 1.165) is 13.2 Å². The predicted octanol–water partition coefficient (Wildman–Crippen LogP) is 2.96. The third-order valence-electron chi connectivity index (χ3n) is 3.76. The Morgan fingerprint density at radius 2 is 2.28 bits per heavy atom. The van der Waals surface area contributed by atoms with Gasteiger partial charge in [-0.15, -0.1) is 11.3 Å². The van der Waals surface area contributed by atoms with Gasteiger partial charge in [0.1, 0.15) is 5.01 Å². The topological polar surface area (TPSA) is 34.1 Å². The molecule has 1 aromatic heterocycles. The van der Waals surface area contributed by atoms with Crippen LogP contribution in [0.15, 0.2) is 0 Å². The predicted molar refractivity (Wildman–Crippen MR) is 76.2 cm³/mol. The number of nitrogens with zero attached hydrogens (tertiary/aromatic N) is 1. The molecule has 1 aliphatic rings. The smallest absolute Gasteiger partial charge is 0.110 e. The quantitative estimate of drug-likeness (QED) is 0.772. The van der Waals surface area contributed by atoms with Crippen molar-refractivity contribution in [2.24, 2.45) is 5.92 Å². The van der Waals surface area contributed by atoms with Crippen LogP contribution >= 0.6 is 11.3 Å². The number of ether oxygens (including phenoxy) is 1. The third kappa shape index (κ3) is 3.11. The highest BCUT2D eigenvalue weighted by atomic mass is 32.1. The van der Waals surface area contributed by atoms with Gasteiger partial charge in [-0.25, -0.2) is 4.98 Å². The van der Waals surface area contributed by atoms with Gasteiger partial charge < -0.3 is 10.1 Å². The van der Waals surface area contributed by atoms with Crippen LogP contribution in [0.4, 0.5) is 0 Å². The first kappa shape index (κ1) is 14.0. The number of hydrogen-bond donors (Lipinski definition) is 1. The van der Waals surface area contributed by atoms with Gasteiger partial charge in [-0.3, -0.25) is 0 Å². The number of aryl methyl sites for hydroxylation is 2. The zero-order valence-corrected chi connectivity index (χ0v) is 12.5. The highest BCUT2D eigenvalue weighted by molar-refractivity contribution is 7.11. The van der Waals surface area contributed by atoms with E-state index in [9.17, 15) is 0 Å². The number of hydrogen-bond acceptors (Lipinski definition) is 4. The van der Waals surface area contributed by atoms with Crippen LogP contribution < -0.4 is 5.32 Å². The van der Waals surface area contributed by atoms with Crippen molar-refractivity contribution in [3.63, 3.8) is 0 Å². The number of methoxy groups -OCH3 is 1. The van der Waals surface area contributed by atoms with Gasteiger partial charge in [0.25, 0.3) is 0 Å². The number of aromatic nitrogens is 1. The second-order valence-corrected chi connectivity index (χ2v) is 6.20. The summed E-state index contributed by atoms with van der Waals surface area (Å²) in [5.74, 6) is 0.619. The summed E-state index contributed by atoms with van der Waals surface area (Å²) in [7, 11) is 1.75. The summed E-state index contributed by atoms with van der Waals surface area (Å²) in [5, 5.41) is 4.88. The van der Waals surface area contributed by atoms with Crippen molar-refractivity contribution >= 4 is 11.3 Å². The molecule has 2 rings (SSSR count). The maximum absolute atomic E-state index is 5.12. The monoisotopic (exact) mass is 268 g/mol. The van der Waals surface area contributed by atoms with Crippen molar-refractivity contribution in [2.75, 3.05) is 20.3 Å². The molecule has 1 aromatic rings. The molecule has 0 bridgehead atoms. The molecule has 0 aromatic carbocycles. The Balaban J connectivity index is 2.06. The molecule has 0 saturated heterocycles. The van der Waals surface area contributed by atoms with Gasteiger partial charge in [0.05, 0.1) is 18.3 Å². The van der Waals surface area contributed by atoms with E-state index in [1.54, 1.807) is 7.11 Å². The van der Waals surface area contributed by atoms with Crippen LogP contribution in [-0.2, 0) is 17.6 Å². The zero-order chi connectivity index (χ0) is 13.0. The van der Waals surface area contributed by atoms with Crippen molar-refractivity contribution in [3.05, 3.63) is 15.6 Å². The van der Waals surface area contributed by atoms with E-state index in [0.29, 0.717) is 12.0 Å². The minimum Gasteiger partial charge on any atom is -0.383 e. The lowest BCUT2D eigenvalue weighted by Crippen LogP contribution is -2.29. The Morgan fingerprint density at radius 1 is 1.44 bits per heavy atom. The lowest BCUT2D eigenvalue weighted by Gasteiger charge is -2.22. The average Bonchev–Trinajstić information content (AvgIpc) is 2.94. The summed E-state index contributed by atoms with van der Waals surface area (Å²) in [4.78, 5) is 6.37. The summed E-state index contributed by atoms with van der Waals surface area (Å²) >= 11 is 1.92. The molecule has 1 heterocycles. The number of fused-ring (bicyclic) bond motifs is 1. The molecule has 4 heteroatoms. The van der Waals surface area contributed by atoms with Crippen LogP contribution in [0.1, 0.15) is 48.3 Å². The van der Waals surface area contributed by atoms with Crippen molar-refractivity contribution in [2.45, 2.75) is 45.6 Å². The first-order valence-electron chi connectivity index (χ1n) is 6.97. The fraction of sp³-hybridized carbons (Fsp3) is 0.786. The van der Waals surface area contributed by atoms with Gasteiger partial charge in [0.15, 0.2) is 0 Å².